The molecule has 86 valence electrons. The van der Waals surface area contributed by atoms with Crippen molar-refractivity contribution in [1.29, 1.82) is 0 Å². The van der Waals surface area contributed by atoms with Gasteiger partial charge >= 0.3 is 0 Å². The maximum atomic E-state index is 2.38. The van der Waals surface area contributed by atoms with Gasteiger partial charge in [-0.3, -0.25) is 0 Å². The molecular weight excluding hydrogens is 192 g/mol. The van der Waals surface area contributed by atoms with Gasteiger partial charge in [0.1, 0.15) is 0 Å². The summed E-state index contributed by atoms with van der Waals surface area (Å²) in [4.78, 5) is 0. The molecule has 0 saturated carbocycles. The third kappa shape index (κ3) is 1.81. The van der Waals surface area contributed by atoms with Crippen LogP contribution in [0.5, 0.6) is 0 Å². The van der Waals surface area contributed by atoms with E-state index >= 15 is 0 Å². The quantitative estimate of drug-likeness (QED) is 0.674. The topological polar surface area (TPSA) is 0 Å². The highest BCUT2D eigenvalue weighted by Gasteiger charge is 2.22. The van der Waals surface area contributed by atoms with Gasteiger partial charge in [0.15, 0.2) is 0 Å². The minimum atomic E-state index is 0.627. The predicted octanol–water partition coefficient (Wildman–Crippen LogP) is 4.86. The summed E-state index contributed by atoms with van der Waals surface area (Å²) in [6, 6.07) is 4.62. The minimum Gasteiger partial charge on any atom is -0.0655 e. The van der Waals surface area contributed by atoms with Crippen LogP contribution in [-0.4, -0.2) is 0 Å². The smallest absolute Gasteiger partial charge is 0.00291 e. The van der Waals surface area contributed by atoms with Gasteiger partial charge < -0.3 is 0 Å². The minimum absolute atomic E-state index is 0.627. The van der Waals surface area contributed by atoms with Crippen LogP contribution < -0.4 is 0 Å². The Kier molecular flexibility index (Phi) is 3.18. The van der Waals surface area contributed by atoms with Crippen molar-refractivity contribution in [1.82, 2.24) is 0 Å². The number of allylic oxidation sites excluding steroid dienone is 1. The lowest BCUT2D eigenvalue weighted by atomic mass is 9.89. The number of rotatable bonds is 3. The molecule has 1 aliphatic carbocycles. The zero-order valence-corrected chi connectivity index (χ0v) is 10.9. The number of fused-ring (bicyclic) bond motifs is 1. The lowest BCUT2D eigenvalue weighted by Gasteiger charge is -2.15. The molecule has 1 unspecified atom stereocenters. The molecule has 2 rings (SSSR count). The number of hydrogen-bond acceptors (Lipinski definition) is 0. The summed E-state index contributed by atoms with van der Waals surface area (Å²) in [5, 5.41) is 0. The molecule has 0 fully saturated rings. The van der Waals surface area contributed by atoms with E-state index in [0.717, 1.165) is 0 Å². The average Bonchev–Trinajstić information content (AvgIpc) is 2.57. The van der Waals surface area contributed by atoms with Crippen molar-refractivity contribution in [2.75, 3.05) is 0 Å². The molecular formula is C16H22. The van der Waals surface area contributed by atoms with Crippen molar-refractivity contribution in [3.05, 3.63) is 40.0 Å². The molecule has 0 heteroatoms. The van der Waals surface area contributed by atoms with Crippen LogP contribution in [0.4, 0.5) is 0 Å². The third-order valence-electron chi connectivity index (χ3n) is 3.88. The maximum absolute atomic E-state index is 2.38. The van der Waals surface area contributed by atoms with Crippen molar-refractivity contribution in [3.8, 4) is 0 Å². The zero-order chi connectivity index (χ0) is 11.7. The highest BCUT2D eigenvalue weighted by Crippen LogP contribution is 2.39. The SMILES string of the molecule is CCCCc1ccc(C)c2c1C(C)C(C)=C2. The Bertz CT molecular complexity index is 424. The number of hydrogen-bond donors (Lipinski definition) is 0. The lowest BCUT2D eigenvalue weighted by molar-refractivity contribution is 0.777. The number of benzene rings is 1. The highest BCUT2D eigenvalue weighted by atomic mass is 14.3. The Hall–Kier alpha value is -1.04. The fourth-order valence-corrected chi connectivity index (χ4v) is 2.66. The number of unbranched alkanes of at least 4 members (excludes halogenated alkanes) is 1. The van der Waals surface area contributed by atoms with Crippen molar-refractivity contribution in [2.24, 2.45) is 0 Å². The first-order valence-corrected chi connectivity index (χ1v) is 6.45. The molecule has 0 aromatic heterocycles. The number of aryl methyl sites for hydroxylation is 2. The van der Waals surface area contributed by atoms with Crippen LogP contribution in [0, 0.1) is 6.92 Å². The van der Waals surface area contributed by atoms with Crippen LogP contribution in [0.3, 0.4) is 0 Å². The van der Waals surface area contributed by atoms with Crippen LogP contribution >= 0.6 is 0 Å². The van der Waals surface area contributed by atoms with Gasteiger partial charge in [-0.1, -0.05) is 44.1 Å². The molecule has 0 spiro atoms. The molecule has 0 nitrogen and oxygen atoms in total. The largest absolute Gasteiger partial charge is 0.0655 e. The fraction of sp³-hybridized carbons (Fsp3) is 0.500. The average molecular weight is 214 g/mol. The van der Waals surface area contributed by atoms with Crippen LogP contribution in [0.1, 0.15) is 61.8 Å². The van der Waals surface area contributed by atoms with Crippen molar-refractivity contribution in [2.45, 2.75) is 52.9 Å². The summed E-state index contributed by atoms with van der Waals surface area (Å²) in [5.41, 5.74) is 7.62. The molecule has 0 bridgehead atoms. The Balaban J connectivity index is 2.43. The highest BCUT2D eigenvalue weighted by molar-refractivity contribution is 5.70. The summed E-state index contributed by atoms with van der Waals surface area (Å²) < 4.78 is 0. The zero-order valence-electron chi connectivity index (χ0n) is 10.9. The first kappa shape index (κ1) is 11.4. The molecule has 0 amide bonds. The van der Waals surface area contributed by atoms with Crippen molar-refractivity contribution >= 4 is 6.08 Å². The Morgan fingerprint density at radius 3 is 2.62 bits per heavy atom. The Labute approximate surface area is 99.4 Å². The molecule has 0 heterocycles. The summed E-state index contributed by atoms with van der Waals surface area (Å²) in [5.74, 6) is 0.627. The van der Waals surface area contributed by atoms with Crippen LogP contribution in [0.25, 0.3) is 6.08 Å². The van der Waals surface area contributed by atoms with Gasteiger partial charge in [0, 0.05) is 5.92 Å². The second kappa shape index (κ2) is 4.45. The van der Waals surface area contributed by atoms with Crippen molar-refractivity contribution < 1.29 is 0 Å². The molecule has 0 radical (unpaired) electrons. The second-order valence-corrected chi connectivity index (χ2v) is 5.08. The molecule has 0 aliphatic heterocycles. The van der Waals surface area contributed by atoms with Crippen LogP contribution in [0.2, 0.25) is 0 Å². The van der Waals surface area contributed by atoms with Gasteiger partial charge in [-0.25, -0.2) is 0 Å². The maximum Gasteiger partial charge on any atom is 0.00291 e. The molecule has 1 aromatic rings. The van der Waals surface area contributed by atoms with E-state index < -0.39 is 0 Å². The first-order valence-electron chi connectivity index (χ1n) is 6.45. The van der Waals surface area contributed by atoms with E-state index in [2.05, 4.69) is 45.9 Å². The van der Waals surface area contributed by atoms with E-state index in [1.807, 2.05) is 0 Å². The Morgan fingerprint density at radius 1 is 1.19 bits per heavy atom. The van der Waals surface area contributed by atoms with Crippen molar-refractivity contribution in [3.63, 3.8) is 0 Å². The van der Waals surface area contributed by atoms with Gasteiger partial charge in [-0.2, -0.15) is 0 Å². The standard InChI is InChI=1S/C16H22/c1-5-6-7-14-9-8-11(2)15-10-12(3)13(4)16(14)15/h8-10,13H,5-7H2,1-4H3. The van der Waals surface area contributed by atoms with E-state index in [0.29, 0.717) is 5.92 Å². The molecule has 1 atom stereocenters. The second-order valence-electron chi connectivity index (χ2n) is 5.08. The van der Waals surface area contributed by atoms with E-state index in [1.165, 1.54) is 36.0 Å². The summed E-state index contributed by atoms with van der Waals surface area (Å²) in [7, 11) is 0. The summed E-state index contributed by atoms with van der Waals surface area (Å²) in [6.07, 6.45) is 6.21. The van der Waals surface area contributed by atoms with Gasteiger partial charge in [0.2, 0.25) is 0 Å². The van der Waals surface area contributed by atoms with Gasteiger partial charge in [-0.15, -0.1) is 0 Å². The molecule has 1 aromatic carbocycles. The van der Waals surface area contributed by atoms with Crippen LogP contribution in [0.15, 0.2) is 17.7 Å². The summed E-state index contributed by atoms with van der Waals surface area (Å²) >= 11 is 0. The van der Waals surface area contributed by atoms with Gasteiger partial charge in [0.05, 0.1) is 0 Å². The third-order valence-corrected chi connectivity index (χ3v) is 3.88. The molecule has 1 aliphatic rings. The molecule has 0 N–H and O–H groups in total. The monoisotopic (exact) mass is 214 g/mol. The predicted molar refractivity (Wildman–Crippen MR) is 71.9 cm³/mol. The van der Waals surface area contributed by atoms with E-state index in [1.54, 1.807) is 11.1 Å². The normalized spacial score (nSPS) is 18.5. The first-order chi connectivity index (χ1) is 7.65. The van der Waals surface area contributed by atoms with Gasteiger partial charge in [-0.05, 0) is 48.9 Å². The Morgan fingerprint density at radius 2 is 1.94 bits per heavy atom. The summed E-state index contributed by atoms with van der Waals surface area (Å²) in [6.45, 7) is 9.09. The van der Waals surface area contributed by atoms with Gasteiger partial charge in [0.25, 0.3) is 0 Å². The fourth-order valence-electron chi connectivity index (χ4n) is 2.66. The molecule has 16 heavy (non-hydrogen) atoms. The van der Waals surface area contributed by atoms with E-state index in [-0.39, 0.29) is 0 Å². The van der Waals surface area contributed by atoms with Crippen LogP contribution in [-0.2, 0) is 6.42 Å². The lowest BCUT2D eigenvalue weighted by Crippen LogP contribution is -2.00. The van der Waals surface area contributed by atoms with E-state index in [9.17, 15) is 0 Å². The van der Waals surface area contributed by atoms with E-state index in [4.69, 9.17) is 0 Å². The molecule has 0 saturated heterocycles.